The van der Waals surface area contributed by atoms with Crippen LogP contribution in [0.4, 0.5) is 0 Å². The molecule has 3 rings (SSSR count). The largest absolute Gasteiger partial charge is 0.458 e. The third kappa shape index (κ3) is 5.34. The van der Waals surface area contributed by atoms with Crippen molar-refractivity contribution in [3.05, 3.63) is 66.2 Å². The summed E-state index contributed by atoms with van der Waals surface area (Å²) in [6.45, 7) is 3.76. The third-order valence-electron chi connectivity index (χ3n) is 4.15. The molecule has 2 aromatic rings. The number of hydrogen-bond donors (Lipinski definition) is 0. The van der Waals surface area contributed by atoms with Crippen LogP contribution in [-0.2, 0) is 9.78 Å². The molecule has 0 aromatic heterocycles. The highest BCUT2D eigenvalue weighted by atomic mass is 17.2. The molecule has 4 heteroatoms. The number of hydrogen-bond acceptors (Lipinski definition) is 4. The second-order valence-corrected chi connectivity index (χ2v) is 5.99. The summed E-state index contributed by atoms with van der Waals surface area (Å²) >= 11 is 0. The molecule has 0 radical (unpaired) electrons. The molecule has 1 atom stereocenters. The van der Waals surface area contributed by atoms with Crippen LogP contribution in [0, 0.1) is 0 Å². The third-order valence-corrected chi connectivity index (χ3v) is 4.15. The minimum absolute atomic E-state index is 0.543. The second kappa shape index (κ2) is 9.42. The summed E-state index contributed by atoms with van der Waals surface area (Å²) in [4.78, 5) is 13.5. The SMILES string of the molecule is c1ccc(OC(OOCCN2CCCCC2)c2ccccc2)cc1. The summed E-state index contributed by atoms with van der Waals surface area (Å²) in [6.07, 6.45) is 3.33. The van der Waals surface area contributed by atoms with Gasteiger partial charge in [-0.2, -0.15) is 4.89 Å². The van der Waals surface area contributed by atoms with Crippen molar-refractivity contribution in [3.63, 3.8) is 0 Å². The summed E-state index contributed by atoms with van der Waals surface area (Å²) in [5, 5.41) is 0. The molecule has 1 heterocycles. The monoisotopic (exact) mass is 327 g/mol. The highest BCUT2D eigenvalue weighted by Gasteiger charge is 2.16. The molecule has 1 unspecified atom stereocenters. The highest BCUT2D eigenvalue weighted by Crippen LogP contribution is 2.23. The van der Waals surface area contributed by atoms with Gasteiger partial charge in [-0.3, -0.25) is 0 Å². The summed E-state index contributed by atoms with van der Waals surface area (Å²) in [5.74, 6) is 0.756. The van der Waals surface area contributed by atoms with Gasteiger partial charge in [-0.1, -0.05) is 55.0 Å². The highest BCUT2D eigenvalue weighted by molar-refractivity contribution is 5.23. The van der Waals surface area contributed by atoms with Gasteiger partial charge in [-0.05, 0) is 38.1 Å². The molecular weight excluding hydrogens is 302 g/mol. The maximum absolute atomic E-state index is 5.93. The number of para-hydroxylation sites is 1. The lowest BCUT2D eigenvalue weighted by molar-refractivity contribution is -0.367. The number of likely N-dealkylation sites (tertiary alicyclic amines) is 1. The Kier molecular flexibility index (Phi) is 6.66. The molecule has 0 saturated carbocycles. The minimum atomic E-state index is -0.574. The first kappa shape index (κ1) is 17.0. The number of piperidine rings is 1. The van der Waals surface area contributed by atoms with E-state index in [1.807, 2.05) is 60.7 Å². The van der Waals surface area contributed by atoms with Crippen LogP contribution in [0.2, 0.25) is 0 Å². The molecular formula is C20H25NO3. The number of ether oxygens (including phenoxy) is 1. The van der Waals surface area contributed by atoms with Crippen LogP contribution in [-0.4, -0.2) is 31.1 Å². The fourth-order valence-electron chi connectivity index (χ4n) is 2.84. The van der Waals surface area contributed by atoms with Crippen molar-refractivity contribution < 1.29 is 14.5 Å². The summed E-state index contributed by atoms with van der Waals surface area (Å²) in [6, 6.07) is 19.5. The zero-order chi connectivity index (χ0) is 16.5. The Morgan fingerprint density at radius 3 is 2.21 bits per heavy atom. The Bertz CT molecular complexity index is 570. The Labute approximate surface area is 143 Å². The van der Waals surface area contributed by atoms with Crippen LogP contribution >= 0.6 is 0 Å². The molecule has 128 valence electrons. The number of rotatable bonds is 8. The smallest absolute Gasteiger partial charge is 0.256 e. The zero-order valence-corrected chi connectivity index (χ0v) is 14.0. The molecule has 0 aliphatic carbocycles. The summed E-state index contributed by atoms with van der Waals surface area (Å²) in [7, 11) is 0. The fourth-order valence-corrected chi connectivity index (χ4v) is 2.84. The Hall–Kier alpha value is -1.88. The van der Waals surface area contributed by atoms with E-state index in [4.69, 9.17) is 14.5 Å². The van der Waals surface area contributed by atoms with Crippen LogP contribution in [0.1, 0.15) is 31.1 Å². The van der Waals surface area contributed by atoms with E-state index in [1.54, 1.807) is 0 Å². The van der Waals surface area contributed by atoms with Gasteiger partial charge in [0, 0.05) is 12.1 Å². The van der Waals surface area contributed by atoms with Crippen molar-refractivity contribution >= 4 is 0 Å². The normalized spacial score (nSPS) is 16.7. The molecule has 1 aliphatic heterocycles. The maximum Gasteiger partial charge on any atom is 0.256 e. The minimum Gasteiger partial charge on any atom is -0.458 e. The summed E-state index contributed by atoms with van der Waals surface area (Å²) in [5.41, 5.74) is 0.930. The molecule has 2 aromatic carbocycles. The van der Waals surface area contributed by atoms with Crippen LogP contribution in [0.15, 0.2) is 60.7 Å². The molecule has 1 aliphatic rings. The van der Waals surface area contributed by atoms with E-state index < -0.39 is 6.29 Å². The van der Waals surface area contributed by atoms with Gasteiger partial charge < -0.3 is 9.64 Å². The van der Waals surface area contributed by atoms with Gasteiger partial charge in [0.1, 0.15) is 5.75 Å². The van der Waals surface area contributed by atoms with Gasteiger partial charge in [-0.25, -0.2) is 4.89 Å². The summed E-state index contributed by atoms with van der Waals surface area (Å²) < 4.78 is 5.93. The van der Waals surface area contributed by atoms with E-state index in [1.165, 1.54) is 19.3 Å². The van der Waals surface area contributed by atoms with Crippen molar-refractivity contribution in [2.24, 2.45) is 0 Å². The van der Waals surface area contributed by atoms with Crippen LogP contribution in [0.5, 0.6) is 5.75 Å². The Morgan fingerprint density at radius 1 is 0.833 bits per heavy atom. The van der Waals surface area contributed by atoms with Crippen molar-refractivity contribution in [3.8, 4) is 5.75 Å². The van der Waals surface area contributed by atoms with Gasteiger partial charge in [-0.15, -0.1) is 0 Å². The lowest BCUT2D eigenvalue weighted by Crippen LogP contribution is -2.32. The van der Waals surface area contributed by atoms with Crippen molar-refractivity contribution in [2.75, 3.05) is 26.2 Å². The van der Waals surface area contributed by atoms with E-state index in [0.717, 1.165) is 30.9 Å². The molecule has 0 bridgehead atoms. The first-order valence-corrected chi connectivity index (χ1v) is 8.69. The quantitative estimate of drug-likeness (QED) is 0.315. The predicted molar refractivity (Wildman–Crippen MR) is 93.6 cm³/mol. The lowest BCUT2D eigenvalue weighted by atomic mass is 10.1. The average molecular weight is 327 g/mol. The van der Waals surface area contributed by atoms with Crippen LogP contribution < -0.4 is 4.74 Å². The standard InChI is InChI=1S/C20H25NO3/c1-4-10-18(11-5-1)20(23-19-12-6-2-7-13-19)24-22-17-16-21-14-8-3-9-15-21/h1-2,4-7,10-13,20H,3,8-9,14-17H2. The fraction of sp³-hybridized carbons (Fsp3) is 0.400. The van der Waals surface area contributed by atoms with Gasteiger partial charge in [0.15, 0.2) is 0 Å². The molecule has 4 nitrogen and oxygen atoms in total. The van der Waals surface area contributed by atoms with E-state index >= 15 is 0 Å². The van der Waals surface area contributed by atoms with Crippen molar-refractivity contribution in [1.29, 1.82) is 0 Å². The van der Waals surface area contributed by atoms with Crippen molar-refractivity contribution in [2.45, 2.75) is 25.6 Å². The van der Waals surface area contributed by atoms with Crippen molar-refractivity contribution in [1.82, 2.24) is 4.90 Å². The Balaban J connectivity index is 1.52. The van der Waals surface area contributed by atoms with Gasteiger partial charge >= 0.3 is 0 Å². The molecule has 1 fully saturated rings. The molecule has 0 amide bonds. The first-order valence-electron chi connectivity index (χ1n) is 8.69. The first-order chi connectivity index (χ1) is 11.9. The van der Waals surface area contributed by atoms with E-state index in [0.29, 0.717) is 6.61 Å². The van der Waals surface area contributed by atoms with E-state index in [-0.39, 0.29) is 0 Å². The second-order valence-electron chi connectivity index (χ2n) is 5.99. The molecule has 0 spiro atoms. The van der Waals surface area contributed by atoms with Crippen LogP contribution in [0.25, 0.3) is 0 Å². The molecule has 0 N–H and O–H groups in total. The van der Waals surface area contributed by atoms with Gasteiger partial charge in [0.25, 0.3) is 6.29 Å². The molecule has 1 saturated heterocycles. The number of benzene rings is 2. The molecule has 24 heavy (non-hydrogen) atoms. The average Bonchev–Trinajstić information content (AvgIpc) is 2.66. The topological polar surface area (TPSA) is 30.9 Å². The van der Waals surface area contributed by atoms with E-state index in [9.17, 15) is 0 Å². The van der Waals surface area contributed by atoms with Gasteiger partial charge in [0.05, 0.1) is 6.61 Å². The number of nitrogens with zero attached hydrogens (tertiary/aromatic N) is 1. The van der Waals surface area contributed by atoms with E-state index in [2.05, 4.69) is 4.90 Å². The maximum atomic E-state index is 5.93. The predicted octanol–water partition coefficient (Wildman–Crippen LogP) is 4.20. The van der Waals surface area contributed by atoms with Crippen LogP contribution in [0.3, 0.4) is 0 Å². The Morgan fingerprint density at radius 2 is 1.50 bits per heavy atom. The zero-order valence-electron chi connectivity index (χ0n) is 14.0. The van der Waals surface area contributed by atoms with Gasteiger partial charge in [0.2, 0.25) is 0 Å². The lowest BCUT2D eigenvalue weighted by Gasteiger charge is -2.26.